The number of ether oxygens (including phenoxy) is 1. The lowest BCUT2D eigenvalue weighted by molar-refractivity contribution is -0.117. The van der Waals surface area contributed by atoms with Crippen molar-refractivity contribution in [2.75, 3.05) is 11.1 Å². The van der Waals surface area contributed by atoms with E-state index in [1.165, 1.54) is 11.8 Å². The van der Waals surface area contributed by atoms with Crippen LogP contribution < -0.4 is 10.6 Å². The Hall–Kier alpha value is -2.47. The summed E-state index contributed by atoms with van der Waals surface area (Å²) in [5, 5.41) is 5.44. The molecule has 0 bridgehead atoms. The monoisotopic (exact) mass is 328 g/mol. The van der Waals surface area contributed by atoms with Crippen LogP contribution in [0.5, 0.6) is 0 Å². The number of benzene rings is 2. The summed E-state index contributed by atoms with van der Waals surface area (Å²) in [6, 6.07) is 16.3. The third-order valence-electron chi connectivity index (χ3n) is 3.37. The lowest BCUT2D eigenvalue weighted by atomic mass is 10.2. The van der Waals surface area contributed by atoms with E-state index in [1.807, 2.05) is 54.6 Å². The molecule has 0 saturated carbocycles. The molecule has 0 spiro atoms. The fourth-order valence-corrected chi connectivity index (χ4v) is 3.21. The lowest BCUT2D eigenvalue weighted by Crippen LogP contribution is -2.44. The van der Waals surface area contributed by atoms with E-state index in [9.17, 15) is 9.59 Å². The normalized spacial score (nSPS) is 16.7. The molecule has 2 aromatic rings. The summed E-state index contributed by atoms with van der Waals surface area (Å²) in [7, 11) is 0. The molecule has 1 atom stereocenters. The largest absolute Gasteiger partial charge is 0.445 e. The minimum atomic E-state index is -0.629. The van der Waals surface area contributed by atoms with Gasteiger partial charge < -0.3 is 15.4 Å². The average Bonchev–Trinajstić information content (AvgIpc) is 2.73. The van der Waals surface area contributed by atoms with Crippen LogP contribution in [0.3, 0.4) is 0 Å². The predicted octanol–water partition coefficient (Wildman–Crippen LogP) is 3.03. The SMILES string of the molecule is O=C(NC1CSc2ccccc2NC1=O)OCc1ccccc1. The van der Waals surface area contributed by atoms with Gasteiger partial charge in [-0.15, -0.1) is 11.8 Å². The highest BCUT2D eigenvalue weighted by molar-refractivity contribution is 7.99. The van der Waals surface area contributed by atoms with E-state index < -0.39 is 12.1 Å². The maximum absolute atomic E-state index is 12.2. The Morgan fingerprint density at radius 2 is 1.91 bits per heavy atom. The van der Waals surface area contributed by atoms with Gasteiger partial charge in [0.25, 0.3) is 0 Å². The summed E-state index contributed by atoms with van der Waals surface area (Å²) in [6.45, 7) is 0.175. The van der Waals surface area contributed by atoms with E-state index in [1.54, 1.807) is 0 Å². The van der Waals surface area contributed by atoms with Gasteiger partial charge >= 0.3 is 6.09 Å². The maximum atomic E-state index is 12.2. The van der Waals surface area contributed by atoms with Crippen molar-refractivity contribution >= 4 is 29.4 Å². The summed E-state index contributed by atoms with van der Waals surface area (Å²) in [5.74, 6) is 0.225. The van der Waals surface area contributed by atoms with Gasteiger partial charge in [-0.1, -0.05) is 42.5 Å². The quantitative estimate of drug-likeness (QED) is 0.909. The summed E-state index contributed by atoms with van der Waals surface area (Å²) >= 11 is 1.52. The summed E-state index contributed by atoms with van der Waals surface area (Å²) < 4.78 is 5.16. The summed E-state index contributed by atoms with van der Waals surface area (Å²) in [4.78, 5) is 25.1. The van der Waals surface area contributed by atoms with E-state index in [0.29, 0.717) is 5.75 Å². The number of nitrogens with one attached hydrogen (secondary N) is 2. The first kappa shape index (κ1) is 15.4. The summed E-state index contributed by atoms with van der Waals surface area (Å²) in [5.41, 5.74) is 1.67. The van der Waals surface area contributed by atoms with Gasteiger partial charge in [-0.3, -0.25) is 4.79 Å². The first-order valence-electron chi connectivity index (χ1n) is 7.22. The van der Waals surface area contributed by atoms with Gasteiger partial charge in [0, 0.05) is 10.6 Å². The Morgan fingerprint density at radius 1 is 1.17 bits per heavy atom. The zero-order valence-electron chi connectivity index (χ0n) is 12.3. The smallest absolute Gasteiger partial charge is 0.408 e. The van der Waals surface area contributed by atoms with Crippen LogP contribution in [0.1, 0.15) is 5.56 Å². The highest BCUT2D eigenvalue weighted by atomic mass is 32.2. The van der Waals surface area contributed by atoms with Crippen molar-refractivity contribution in [1.82, 2.24) is 5.32 Å². The lowest BCUT2D eigenvalue weighted by Gasteiger charge is -2.14. The summed E-state index contributed by atoms with van der Waals surface area (Å²) in [6.07, 6.45) is -0.597. The van der Waals surface area contributed by atoms with Crippen molar-refractivity contribution in [3.05, 3.63) is 60.2 Å². The number of anilines is 1. The van der Waals surface area contributed by atoms with Crippen molar-refractivity contribution in [3.8, 4) is 0 Å². The van der Waals surface area contributed by atoms with Gasteiger partial charge in [0.2, 0.25) is 5.91 Å². The molecule has 2 amide bonds. The van der Waals surface area contributed by atoms with Crippen LogP contribution in [0, 0.1) is 0 Å². The molecule has 118 valence electrons. The number of hydrogen-bond donors (Lipinski definition) is 2. The number of hydrogen-bond acceptors (Lipinski definition) is 4. The molecule has 0 aliphatic carbocycles. The minimum absolute atomic E-state index is 0.175. The van der Waals surface area contributed by atoms with E-state index in [2.05, 4.69) is 10.6 Å². The molecule has 0 radical (unpaired) electrons. The Balaban J connectivity index is 1.56. The standard InChI is InChI=1S/C17H16N2O3S/c20-16-14(11-23-15-9-5-4-8-13(15)18-16)19-17(21)22-10-12-6-2-1-3-7-12/h1-9,14H,10-11H2,(H,18,20)(H,19,21). The van der Waals surface area contributed by atoms with Crippen molar-refractivity contribution in [2.45, 2.75) is 17.5 Å². The molecule has 2 aromatic carbocycles. The van der Waals surface area contributed by atoms with Gasteiger partial charge in [-0.25, -0.2) is 4.79 Å². The minimum Gasteiger partial charge on any atom is -0.445 e. The van der Waals surface area contributed by atoms with Crippen LogP contribution in [-0.4, -0.2) is 23.8 Å². The zero-order valence-corrected chi connectivity index (χ0v) is 13.1. The van der Waals surface area contributed by atoms with Gasteiger partial charge in [-0.2, -0.15) is 0 Å². The van der Waals surface area contributed by atoms with Gasteiger partial charge in [0.15, 0.2) is 0 Å². The molecule has 1 aliphatic rings. The second-order valence-electron chi connectivity index (χ2n) is 5.06. The number of thioether (sulfide) groups is 1. The van der Waals surface area contributed by atoms with E-state index in [0.717, 1.165) is 16.1 Å². The fourth-order valence-electron chi connectivity index (χ4n) is 2.18. The molecule has 0 fully saturated rings. The van der Waals surface area contributed by atoms with Crippen LogP contribution in [0.4, 0.5) is 10.5 Å². The number of alkyl carbamates (subject to hydrolysis) is 1. The van der Waals surface area contributed by atoms with Gasteiger partial charge in [-0.05, 0) is 17.7 Å². The third kappa shape index (κ3) is 4.04. The molecule has 1 unspecified atom stereocenters. The van der Waals surface area contributed by atoms with Crippen molar-refractivity contribution in [3.63, 3.8) is 0 Å². The number of para-hydroxylation sites is 1. The predicted molar refractivity (Wildman–Crippen MR) is 89.3 cm³/mol. The molecule has 1 aliphatic heterocycles. The number of carbonyl (C=O) groups excluding carboxylic acids is 2. The Bertz CT molecular complexity index is 706. The molecular formula is C17H16N2O3S. The van der Waals surface area contributed by atoms with Crippen molar-refractivity contribution < 1.29 is 14.3 Å². The second-order valence-corrected chi connectivity index (χ2v) is 6.12. The Labute approximate surface area is 138 Å². The Kier molecular flexibility index (Phi) is 4.83. The first-order valence-corrected chi connectivity index (χ1v) is 8.21. The molecule has 3 rings (SSSR count). The van der Waals surface area contributed by atoms with Crippen LogP contribution in [-0.2, 0) is 16.1 Å². The van der Waals surface area contributed by atoms with Crippen LogP contribution in [0.25, 0.3) is 0 Å². The number of amides is 2. The van der Waals surface area contributed by atoms with Crippen LogP contribution in [0.15, 0.2) is 59.5 Å². The molecule has 2 N–H and O–H groups in total. The number of fused-ring (bicyclic) bond motifs is 1. The molecule has 6 heteroatoms. The van der Waals surface area contributed by atoms with Crippen molar-refractivity contribution in [2.24, 2.45) is 0 Å². The number of rotatable bonds is 3. The molecule has 23 heavy (non-hydrogen) atoms. The molecule has 5 nitrogen and oxygen atoms in total. The fraction of sp³-hybridized carbons (Fsp3) is 0.176. The average molecular weight is 328 g/mol. The van der Waals surface area contributed by atoms with Crippen LogP contribution in [0.2, 0.25) is 0 Å². The van der Waals surface area contributed by atoms with Gasteiger partial charge in [0.05, 0.1) is 5.69 Å². The van der Waals surface area contributed by atoms with E-state index in [-0.39, 0.29) is 12.5 Å². The highest BCUT2D eigenvalue weighted by Crippen LogP contribution is 2.30. The topological polar surface area (TPSA) is 67.4 Å². The van der Waals surface area contributed by atoms with E-state index >= 15 is 0 Å². The Morgan fingerprint density at radius 3 is 2.74 bits per heavy atom. The third-order valence-corrected chi connectivity index (χ3v) is 4.54. The molecule has 0 aromatic heterocycles. The maximum Gasteiger partial charge on any atom is 0.408 e. The van der Waals surface area contributed by atoms with Gasteiger partial charge in [0.1, 0.15) is 12.6 Å². The van der Waals surface area contributed by atoms with Crippen LogP contribution >= 0.6 is 11.8 Å². The number of carbonyl (C=O) groups is 2. The highest BCUT2D eigenvalue weighted by Gasteiger charge is 2.25. The van der Waals surface area contributed by atoms with Crippen molar-refractivity contribution in [1.29, 1.82) is 0 Å². The van der Waals surface area contributed by atoms with E-state index in [4.69, 9.17) is 4.74 Å². The zero-order chi connectivity index (χ0) is 16.1. The molecule has 0 saturated heterocycles. The molecular weight excluding hydrogens is 312 g/mol. The first-order chi connectivity index (χ1) is 11.2. The second kappa shape index (κ2) is 7.19. The molecule has 1 heterocycles.